The number of hydrogen-bond donors (Lipinski definition) is 1. The molecule has 1 aromatic carbocycles. The van der Waals surface area contributed by atoms with Crippen molar-refractivity contribution in [3.8, 4) is 0 Å². The fourth-order valence-electron chi connectivity index (χ4n) is 2.09. The molecule has 0 saturated heterocycles. The van der Waals surface area contributed by atoms with Gasteiger partial charge in [-0.25, -0.2) is 0 Å². The van der Waals surface area contributed by atoms with Crippen LogP contribution in [0.1, 0.15) is 37.8 Å². The molecule has 90 valence electrons. The highest BCUT2D eigenvalue weighted by Crippen LogP contribution is 2.23. The lowest BCUT2D eigenvalue weighted by Crippen LogP contribution is -2.29. The predicted octanol–water partition coefficient (Wildman–Crippen LogP) is 3.08. The van der Waals surface area contributed by atoms with Gasteiger partial charge in [0.2, 0.25) is 0 Å². The van der Waals surface area contributed by atoms with Crippen LogP contribution in [0.5, 0.6) is 0 Å². The summed E-state index contributed by atoms with van der Waals surface area (Å²) in [7, 11) is 2.17. The fraction of sp³-hybridized carbons (Fsp3) is 0.571. The molecule has 0 bridgehead atoms. The summed E-state index contributed by atoms with van der Waals surface area (Å²) >= 11 is 0. The summed E-state index contributed by atoms with van der Waals surface area (Å²) in [5.74, 6) is 0. The number of nitrogens with zero attached hydrogens (tertiary/aromatic N) is 1. The number of hydrogen-bond acceptors (Lipinski definition) is 2. The monoisotopic (exact) mass is 220 g/mol. The molecule has 16 heavy (non-hydrogen) atoms. The molecular formula is C14H24N2. The van der Waals surface area contributed by atoms with Crippen LogP contribution in [0, 0.1) is 6.92 Å². The highest BCUT2D eigenvalue weighted by atomic mass is 15.1. The molecular weight excluding hydrogens is 196 g/mol. The molecule has 0 saturated carbocycles. The van der Waals surface area contributed by atoms with Crippen LogP contribution in [0.15, 0.2) is 18.2 Å². The quantitative estimate of drug-likeness (QED) is 0.826. The van der Waals surface area contributed by atoms with Gasteiger partial charge in [-0.1, -0.05) is 25.5 Å². The molecule has 0 aliphatic carbocycles. The topological polar surface area (TPSA) is 29.3 Å². The Kier molecular flexibility index (Phi) is 4.81. The first-order chi connectivity index (χ1) is 7.60. The Hall–Kier alpha value is -1.02. The molecule has 0 amide bonds. The third-order valence-electron chi connectivity index (χ3n) is 3.24. The van der Waals surface area contributed by atoms with Crippen molar-refractivity contribution >= 4 is 5.69 Å². The number of benzene rings is 1. The third kappa shape index (κ3) is 2.99. The van der Waals surface area contributed by atoms with Crippen LogP contribution >= 0.6 is 0 Å². The lowest BCUT2D eigenvalue weighted by atomic mass is 10.1. The normalized spacial score (nSPS) is 12.6. The van der Waals surface area contributed by atoms with Crippen LogP contribution in [0.25, 0.3) is 0 Å². The van der Waals surface area contributed by atoms with E-state index in [4.69, 9.17) is 5.73 Å². The molecule has 1 atom stereocenters. The van der Waals surface area contributed by atoms with Gasteiger partial charge in [0.05, 0.1) is 0 Å². The van der Waals surface area contributed by atoms with E-state index in [9.17, 15) is 0 Å². The second-order valence-corrected chi connectivity index (χ2v) is 4.57. The lowest BCUT2D eigenvalue weighted by molar-refractivity contribution is 0.615. The van der Waals surface area contributed by atoms with Gasteiger partial charge in [-0.15, -0.1) is 0 Å². The Morgan fingerprint density at radius 2 is 2.06 bits per heavy atom. The van der Waals surface area contributed by atoms with Crippen molar-refractivity contribution < 1.29 is 0 Å². The number of anilines is 1. The SMILES string of the molecule is CCCC(C)N(C)c1ccc(CN)cc1C. The van der Waals surface area contributed by atoms with Gasteiger partial charge in [-0.2, -0.15) is 0 Å². The van der Waals surface area contributed by atoms with Crippen molar-refractivity contribution in [2.24, 2.45) is 5.73 Å². The van der Waals surface area contributed by atoms with Gasteiger partial charge in [0, 0.05) is 25.3 Å². The molecule has 1 rings (SSSR count). The summed E-state index contributed by atoms with van der Waals surface area (Å²) < 4.78 is 0. The van der Waals surface area contributed by atoms with E-state index in [-0.39, 0.29) is 0 Å². The second kappa shape index (κ2) is 5.90. The Bertz CT molecular complexity index is 334. The summed E-state index contributed by atoms with van der Waals surface area (Å²) in [6, 6.07) is 7.08. The average Bonchev–Trinajstić information content (AvgIpc) is 2.28. The first kappa shape index (κ1) is 13.0. The average molecular weight is 220 g/mol. The van der Waals surface area contributed by atoms with Crippen molar-refractivity contribution in [2.45, 2.75) is 46.2 Å². The largest absolute Gasteiger partial charge is 0.372 e. The minimum atomic E-state index is 0.590. The van der Waals surface area contributed by atoms with E-state index in [1.165, 1.54) is 29.7 Å². The van der Waals surface area contributed by atoms with Crippen LogP contribution < -0.4 is 10.6 Å². The number of aryl methyl sites for hydroxylation is 1. The molecule has 0 radical (unpaired) electrons. The Morgan fingerprint density at radius 3 is 2.56 bits per heavy atom. The number of rotatable bonds is 5. The fourth-order valence-corrected chi connectivity index (χ4v) is 2.09. The summed E-state index contributed by atoms with van der Waals surface area (Å²) in [6.07, 6.45) is 2.46. The summed E-state index contributed by atoms with van der Waals surface area (Å²) in [5, 5.41) is 0. The Morgan fingerprint density at radius 1 is 1.38 bits per heavy atom. The van der Waals surface area contributed by atoms with E-state index < -0.39 is 0 Å². The maximum Gasteiger partial charge on any atom is 0.0395 e. The smallest absolute Gasteiger partial charge is 0.0395 e. The van der Waals surface area contributed by atoms with E-state index in [0.717, 1.165) is 0 Å². The van der Waals surface area contributed by atoms with E-state index in [0.29, 0.717) is 12.6 Å². The highest BCUT2D eigenvalue weighted by Gasteiger charge is 2.11. The van der Waals surface area contributed by atoms with Crippen molar-refractivity contribution in [1.82, 2.24) is 0 Å². The maximum atomic E-state index is 5.64. The van der Waals surface area contributed by atoms with Gasteiger partial charge < -0.3 is 10.6 Å². The zero-order chi connectivity index (χ0) is 12.1. The van der Waals surface area contributed by atoms with Gasteiger partial charge in [-0.05, 0) is 37.5 Å². The summed E-state index contributed by atoms with van der Waals surface area (Å²) in [6.45, 7) is 7.29. The van der Waals surface area contributed by atoms with E-state index >= 15 is 0 Å². The molecule has 0 aliphatic rings. The number of nitrogens with two attached hydrogens (primary N) is 1. The molecule has 2 nitrogen and oxygen atoms in total. The highest BCUT2D eigenvalue weighted by molar-refractivity contribution is 5.54. The first-order valence-electron chi connectivity index (χ1n) is 6.12. The molecule has 0 fully saturated rings. The second-order valence-electron chi connectivity index (χ2n) is 4.57. The van der Waals surface area contributed by atoms with E-state index in [1.807, 2.05) is 0 Å². The van der Waals surface area contributed by atoms with Crippen molar-refractivity contribution in [1.29, 1.82) is 0 Å². The Balaban J connectivity index is 2.87. The van der Waals surface area contributed by atoms with Crippen molar-refractivity contribution in [3.63, 3.8) is 0 Å². The van der Waals surface area contributed by atoms with Gasteiger partial charge in [0.25, 0.3) is 0 Å². The predicted molar refractivity (Wildman–Crippen MR) is 71.8 cm³/mol. The van der Waals surface area contributed by atoms with Crippen LogP contribution in [0.4, 0.5) is 5.69 Å². The molecule has 0 heterocycles. The zero-order valence-corrected chi connectivity index (χ0v) is 11.0. The third-order valence-corrected chi connectivity index (χ3v) is 3.24. The van der Waals surface area contributed by atoms with E-state index in [2.05, 4.69) is 50.9 Å². The zero-order valence-electron chi connectivity index (χ0n) is 11.0. The van der Waals surface area contributed by atoms with Crippen molar-refractivity contribution in [2.75, 3.05) is 11.9 Å². The van der Waals surface area contributed by atoms with E-state index in [1.54, 1.807) is 0 Å². The first-order valence-corrected chi connectivity index (χ1v) is 6.12. The minimum absolute atomic E-state index is 0.590. The minimum Gasteiger partial charge on any atom is -0.372 e. The Labute approximate surface area is 99.5 Å². The molecule has 1 unspecified atom stereocenters. The van der Waals surface area contributed by atoms with Crippen LogP contribution in [0.3, 0.4) is 0 Å². The van der Waals surface area contributed by atoms with Crippen LogP contribution in [-0.4, -0.2) is 13.1 Å². The van der Waals surface area contributed by atoms with Crippen LogP contribution in [0.2, 0.25) is 0 Å². The summed E-state index contributed by atoms with van der Waals surface area (Å²) in [5.41, 5.74) is 9.48. The maximum absolute atomic E-state index is 5.64. The van der Waals surface area contributed by atoms with Gasteiger partial charge >= 0.3 is 0 Å². The molecule has 0 aromatic heterocycles. The molecule has 0 spiro atoms. The van der Waals surface area contributed by atoms with Gasteiger partial charge in [0.1, 0.15) is 0 Å². The lowest BCUT2D eigenvalue weighted by Gasteiger charge is -2.28. The molecule has 2 heteroatoms. The molecule has 0 aliphatic heterocycles. The van der Waals surface area contributed by atoms with Crippen molar-refractivity contribution in [3.05, 3.63) is 29.3 Å². The summed E-state index contributed by atoms with van der Waals surface area (Å²) in [4.78, 5) is 2.36. The van der Waals surface area contributed by atoms with Gasteiger partial charge in [-0.3, -0.25) is 0 Å². The standard InChI is InChI=1S/C14H24N2/c1-5-6-12(3)16(4)14-8-7-13(10-15)9-11(14)2/h7-9,12H,5-6,10,15H2,1-4H3. The van der Waals surface area contributed by atoms with Crippen LogP contribution in [-0.2, 0) is 6.54 Å². The van der Waals surface area contributed by atoms with Gasteiger partial charge in [0.15, 0.2) is 0 Å². The molecule has 2 N–H and O–H groups in total. The molecule has 1 aromatic rings.